The number of anilines is 1. The Morgan fingerprint density at radius 2 is 2.33 bits per heavy atom. The third-order valence-electron chi connectivity index (χ3n) is 3.31. The molecule has 1 aliphatic heterocycles. The highest BCUT2D eigenvalue weighted by atomic mass is 19.1. The zero-order valence-corrected chi connectivity index (χ0v) is 10.2. The fourth-order valence-electron chi connectivity index (χ4n) is 2.25. The Kier molecular flexibility index (Phi) is 3.76. The maximum atomic E-state index is 13.2. The van der Waals surface area contributed by atoms with Gasteiger partial charge in [0.05, 0.1) is 11.0 Å². The third kappa shape index (κ3) is 2.95. The van der Waals surface area contributed by atoms with Crippen molar-refractivity contribution in [1.82, 2.24) is 4.90 Å². The molecule has 1 saturated heterocycles. The lowest BCUT2D eigenvalue weighted by molar-refractivity contribution is -0.385. The van der Waals surface area contributed by atoms with Crippen LogP contribution in [0.25, 0.3) is 0 Å². The molecule has 0 saturated carbocycles. The van der Waals surface area contributed by atoms with Gasteiger partial charge in [-0.2, -0.15) is 0 Å². The van der Waals surface area contributed by atoms with Crippen molar-refractivity contribution < 1.29 is 9.31 Å². The minimum Gasteiger partial charge on any atom is -0.383 e. The predicted molar refractivity (Wildman–Crippen MR) is 67.2 cm³/mol. The Bertz CT molecular complexity index is 453. The number of hydrogen-bond acceptors (Lipinski definition) is 4. The van der Waals surface area contributed by atoms with Crippen LogP contribution in [0.15, 0.2) is 18.2 Å². The van der Waals surface area contributed by atoms with E-state index in [-0.39, 0.29) is 5.69 Å². The summed E-state index contributed by atoms with van der Waals surface area (Å²) in [5.74, 6) is -0.591. The van der Waals surface area contributed by atoms with Gasteiger partial charge in [0.15, 0.2) is 0 Å². The van der Waals surface area contributed by atoms with Crippen LogP contribution in [0.4, 0.5) is 15.8 Å². The van der Waals surface area contributed by atoms with Crippen molar-refractivity contribution in [2.45, 2.75) is 18.9 Å². The van der Waals surface area contributed by atoms with Crippen LogP contribution < -0.4 is 5.32 Å². The van der Waals surface area contributed by atoms with Crippen LogP contribution in [-0.4, -0.2) is 36.0 Å². The van der Waals surface area contributed by atoms with Crippen molar-refractivity contribution in [1.29, 1.82) is 0 Å². The molecule has 1 fully saturated rings. The van der Waals surface area contributed by atoms with E-state index in [4.69, 9.17) is 0 Å². The molecule has 5 nitrogen and oxygen atoms in total. The quantitative estimate of drug-likeness (QED) is 0.660. The molecule has 1 N–H and O–H groups in total. The molecule has 0 radical (unpaired) electrons. The van der Waals surface area contributed by atoms with Gasteiger partial charge in [0.1, 0.15) is 5.82 Å². The van der Waals surface area contributed by atoms with Gasteiger partial charge < -0.3 is 10.2 Å². The zero-order valence-electron chi connectivity index (χ0n) is 10.2. The molecule has 1 aromatic rings. The number of likely N-dealkylation sites (tertiary alicyclic amines) is 1. The lowest BCUT2D eigenvalue weighted by atomic mass is 10.2. The average molecular weight is 253 g/mol. The molecular weight excluding hydrogens is 237 g/mol. The fourth-order valence-corrected chi connectivity index (χ4v) is 2.25. The summed E-state index contributed by atoms with van der Waals surface area (Å²) in [5.41, 5.74) is 0.235. The maximum absolute atomic E-state index is 13.2. The molecule has 0 aliphatic carbocycles. The molecule has 0 aromatic heterocycles. The van der Waals surface area contributed by atoms with Crippen LogP contribution in [0, 0.1) is 15.9 Å². The minimum atomic E-state index is -0.591. The predicted octanol–water partition coefficient (Wildman–Crippen LogP) is 2.24. The van der Waals surface area contributed by atoms with Crippen molar-refractivity contribution in [3.8, 4) is 0 Å². The van der Waals surface area contributed by atoms with E-state index in [1.807, 2.05) is 7.05 Å². The summed E-state index contributed by atoms with van der Waals surface area (Å²) < 4.78 is 13.2. The van der Waals surface area contributed by atoms with Crippen LogP contribution in [-0.2, 0) is 0 Å². The number of likely N-dealkylation sites (N-methyl/N-ethyl adjacent to an activating group) is 1. The first-order chi connectivity index (χ1) is 8.56. The molecule has 0 spiro atoms. The van der Waals surface area contributed by atoms with E-state index in [9.17, 15) is 14.5 Å². The minimum absolute atomic E-state index is 0.225. The Balaban J connectivity index is 2.02. The molecule has 1 aliphatic rings. The van der Waals surface area contributed by atoms with Gasteiger partial charge in [-0.05, 0) is 32.5 Å². The van der Waals surface area contributed by atoms with E-state index >= 15 is 0 Å². The van der Waals surface area contributed by atoms with Crippen molar-refractivity contribution >= 4 is 11.4 Å². The van der Waals surface area contributed by atoms with Crippen molar-refractivity contribution in [3.05, 3.63) is 34.1 Å². The summed E-state index contributed by atoms with van der Waals surface area (Å²) in [5, 5.41) is 13.7. The number of nitro groups is 1. The zero-order chi connectivity index (χ0) is 13.1. The number of rotatable bonds is 4. The number of nitrogens with one attached hydrogen (secondary N) is 1. The van der Waals surface area contributed by atoms with Gasteiger partial charge >= 0.3 is 0 Å². The van der Waals surface area contributed by atoms with Crippen LogP contribution in [0.5, 0.6) is 0 Å². The number of nitrogens with zero attached hydrogens (tertiary/aromatic N) is 2. The fraction of sp³-hybridized carbons (Fsp3) is 0.500. The Labute approximate surface area is 105 Å². The summed E-state index contributed by atoms with van der Waals surface area (Å²) in [6.07, 6.45) is 2.26. The normalized spacial score (nSPS) is 20.0. The monoisotopic (exact) mass is 253 g/mol. The van der Waals surface area contributed by atoms with E-state index < -0.39 is 10.7 Å². The van der Waals surface area contributed by atoms with Crippen LogP contribution >= 0.6 is 0 Å². The van der Waals surface area contributed by atoms with Gasteiger partial charge in [-0.3, -0.25) is 10.1 Å². The van der Waals surface area contributed by atoms with Crippen LogP contribution in [0.3, 0.4) is 0 Å². The SMILES string of the molecule is CN1CCCC1CNc1cc(F)cc([N+](=O)[O-])c1. The van der Waals surface area contributed by atoms with Crippen molar-refractivity contribution in [2.75, 3.05) is 25.5 Å². The van der Waals surface area contributed by atoms with E-state index in [0.29, 0.717) is 18.3 Å². The second kappa shape index (κ2) is 5.30. The average Bonchev–Trinajstić information content (AvgIpc) is 2.71. The highest BCUT2D eigenvalue weighted by molar-refractivity contribution is 5.51. The topological polar surface area (TPSA) is 58.4 Å². The first-order valence-corrected chi connectivity index (χ1v) is 5.95. The number of halogens is 1. The third-order valence-corrected chi connectivity index (χ3v) is 3.31. The van der Waals surface area contributed by atoms with Gasteiger partial charge in [0, 0.05) is 24.3 Å². The molecule has 1 atom stereocenters. The van der Waals surface area contributed by atoms with E-state index in [2.05, 4.69) is 10.2 Å². The molecule has 18 heavy (non-hydrogen) atoms. The highest BCUT2D eigenvalue weighted by Crippen LogP contribution is 2.21. The molecule has 1 unspecified atom stereocenters. The van der Waals surface area contributed by atoms with E-state index in [0.717, 1.165) is 25.5 Å². The molecule has 1 aromatic carbocycles. The number of benzene rings is 1. The lowest BCUT2D eigenvalue weighted by Gasteiger charge is -2.20. The molecule has 6 heteroatoms. The first kappa shape index (κ1) is 12.8. The van der Waals surface area contributed by atoms with Gasteiger partial charge in [0.25, 0.3) is 5.69 Å². The lowest BCUT2D eigenvalue weighted by Crippen LogP contribution is -2.31. The summed E-state index contributed by atoms with van der Waals surface area (Å²) in [7, 11) is 2.05. The maximum Gasteiger partial charge on any atom is 0.274 e. The number of nitro benzene ring substituents is 1. The Morgan fingerprint density at radius 1 is 1.56 bits per heavy atom. The van der Waals surface area contributed by atoms with Gasteiger partial charge in [-0.25, -0.2) is 4.39 Å². The standard InChI is InChI=1S/C12H16FN3O2/c1-15-4-2-3-11(15)8-14-10-5-9(13)6-12(7-10)16(17)18/h5-7,11,14H,2-4,8H2,1H3. The summed E-state index contributed by atoms with van der Waals surface area (Å²) >= 11 is 0. The molecule has 1 heterocycles. The van der Waals surface area contributed by atoms with E-state index in [1.54, 1.807) is 0 Å². The Morgan fingerprint density at radius 3 is 2.94 bits per heavy atom. The van der Waals surface area contributed by atoms with Gasteiger partial charge in [-0.15, -0.1) is 0 Å². The van der Waals surface area contributed by atoms with Crippen molar-refractivity contribution in [2.24, 2.45) is 0 Å². The summed E-state index contributed by atoms with van der Waals surface area (Å²) in [6, 6.07) is 3.97. The second-order valence-corrected chi connectivity index (χ2v) is 4.61. The summed E-state index contributed by atoms with van der Waals surface area (Å²) in [6.45, 7) is 1.74. The van der Waals surface area contributed by atoms with E-state index in [1.165, 1.54) is 12.1 Å². The molecular formula is C12H16FN3O2. The first-order valence-electron chi connectivity index (χ1n) is 5.95. The van der Waals surface area contributed by atoms with Gasteiger partial charge in [-0.1, -0.05) is 0 Å². The largest absolute Gasteiger partial charge is 0.383 e. The van der Waals surface area contributed by atoms with Crippen LogP contribution in [0.2, 0.25) is 0 Å². The van der Waals surface area contributed by atoms with Crippen LogP contribution in [0.1, 0.15) is 12.8 Å². The molecule has 2 rings (SSSR count). The number of non-ortho nitro benzene ring substituents is 1. The molecule has 0 amide bonds. The number of hydrogen-bond donors (Lipinski definition) is 1. The smallest absolute Gasteiger partial charge is 0.274 e. The van der Waals surface area contributed by atoms with Gasteiger partial charge in [0.2, 0.25) is 0 Å². The summed E-state index contributed by atoms with van der Waals surface area (Å²) in [4.78, 5) is 12.3. The Hall–Kier alpha value is -1.69. The molecule has 0 bridgehead atoms. The molecule has 98 valence electrons. The van der Waals surface area contributed by atoms with Crippen molar-refractivity contribution in [3.63, 3.8) is 0 Å². The second-order valence-electron chi connectivity index (χ2n) is 4.61. The highest BCUT2D eigenvalue weighted by Gasteiger charge is 2.20.